The van der Waals surface area contributed by atoms with Gasteiger partial charge in [0.1, 0.15) is 0 Å². The maximum atomic E-state index is 10.5. The molecule has 0 saturated heterocycles. The number of rotatable bonds is 3. The third-order valence-electron chi connectivity index (χ3n) is 2.10. The fourth-order valence-electron chi connectivity index (χ4n) is 1.34. The normalized spacial score (nSPS) is 19.9. The largest absolute Gasteiger partial charge is 0.481 e. The molecule has 0 fully saturated rings. The van der Waals surface area contributed by atoms with Crippen LogP contribution in [-0.2, 0) is 4.79 Å². The molecule has 0 aromatic carbocycles. The summed E-state index contributed by atoms with van der Waals surface area (Å²) in [6.45, 7) is 3.63. The molecule has 0 aromatic rings. The van der Waals surface area contributed by atoms with E-state index >= 15 is 0 Å². The van der Waals surface area contributed by atoms with Crippen LogP contribution in [0.2, 0.25) is 0 Å². The summed E-state index contributed by atoms with van der Waals surface area (Å²) in [5, 5.41) is 11.9. The van der Waals surface area contributed by atoms with Crippen LogP contribution in [0.3, 0.4) is 0 Å². The summed E-state index contributed by atoms with van der Waals surface area (Å²) < 4.78 is 0. The first-order chi connectivity index (χ1) is 5.70. The van der Waals surface area contributed by atoms with Gasteiger partial charge in [0.2, 0.25) is 0 Å². The first-order valence-electron chi connectivity index (χ1n) is 4.31. The van der Waals surface area contributed by atoms with Gasteiger partial charge >= 0.3 is 5.97 Å². The number of nitrogens with one attached hydrogen (secondary N) is 1. The Labute approximate surface area is 72.5 Å². The molecule has 68 valence electrons. The summed E-state index contributed by atoms with van der Waals surface area (Å²) in [5.74, 6) is -0.961. The molecule has 2 N–H and O–H groups in total. The molecular weight excluding hydrogens is 154 g/mol. The van der Waals surface area contributed by atoms with Gasteiger partial charge < -0.3 is 10.4 Å². The van der Waals surface area contributed by atoms with Crippen molar-refractivity contribution >= 4 is 5.97 Å². The highest BCUT2D eigenvalue weighted by Crippen LogP contribution is 2.13. The standard InChI is InChI=1S/C9H15NO2/c1-7(9(11)12)5-8-3-2-4-10-6-8/h3,7,10H,2,4-6H2,1H3,(H,11,12). The van der Waals surface area contributed by atoms with E-state index in [-0.39, 0.29) is 5.92 Å². The third-order valence-corrected chi connectivity index (χ3v) is 2.10. The topological polar surface area (TPSA) is 49.3 Å². The monoisotopic (exact) mass is 169 g/mol. The van der Waals surface area contributed by atoms with E-state index in [0.29, 0.717) is 6.42 Å². The minimum atomic E-state index is -0.707. The van der Waals surface area contributed by atoms with Crippen LogP contribution in [0.25, 0.3) is 0 Å². The molecule has 3 nitrogen and oxygen atoms in total. The lowest BCUT2D eigenvalue weighted by molar-refractivity contribution is -0.141. The summed E-state index contributed by atoms with van der Waals surface area (Å²) in [6.07, 6.45) is 3.86. The summed E-state index contributed by atoms with van der Waals surface area (Å²) >= 11 is 0. The lowest BCUT2D eigenvalue weighted by atomic mass is 9.99. The predicted molar refractivity (Wildman–Crippen MR) is 47.0 cm³/mol. The molecule has 0 saturated carbocycles. The van der Waals surface area contributed by atoms with Gasteiger partial charge in [-0.2, -0.15) is 0 Å². The molecule has 1 heterocycles. The van der Waals surface area contributed by atoms with Crippen LogP contribution in [-0.4, -0.2) is 24.2 Å². The van der Waals surface area contributed by atoms with Gasteiger partial charge in [-0.25, -0.2) is 0 Å². The molecule has 3 heteroatoms. The van der Waals surface area contributed by atoms with Gasteiger partial charge in [0, 0.05) is 6.54 Å². The zero-order valence-electron chi connectivity index (χ0n) is 7.34. The number of carboxylic acids is 1. The Kier molecular flexibility index (Phi) is 3.29. The molecule has 0 radical (unpaired) electrons. The highest BCUT2D eigenvalue weighted by Gasteiger charge is 2.13. The second kappa shape index (κ2) is 4.26. The van der Waals surface area contributed by atoms with Crippen LogP contribution in [0, 0.1) is 5.92 Å². The lowest BCUT2D eigenvalue weighted by Gasteiger charge is -2.15. The molecule has 1 aliphatic heterocycles. The lowest BCUT2D eigenvalue weighted by Crippen LogP contribution is -2.24. The summed E-state index contributed by atoms with van der Waals surface area (Å²) in [5.41, 5.74) is 1.23. The molecule has 1 aliphatic rings. The number of carboxylic acid groups (broad SMARTS) is 1. The SMILES string of the molecule is CC(CC1=CCCNC1)C(=O)O. The van der Waals surface area contributed by atoms with Crippen molar-refractivity contribution in [2.75, 3.05) is 13.1 Å². The minimum Gasteiger partial charge on any atom is -0.481 e. The van der Waals surface area contributed by atoms with Crippen molar-refractivity contribution in [2.24, 2.45) is 5.92 Å². The molecule has 0 aromatic heterocycles. The fraction of sp³-hybridized carbons (Fsp3) is 0.667. The first-order valence-corrected chi connectivity index (χ1v) is 4.31. The molecular formula is C9H15NO2. The number of hydrogen-bond acceptors (Lipinski definition) is 2. The van der Waals surface area contributed by atoms with Crippen LogP contribution in [0.1, 0.15) is 19.8 Å². The number of hydrogen-bond donors (Lipinski definition) is 2. The quantitative estimate of drug-likeness (QED) is 0.620. The van der Waals surface area contributed by atoms with E-state index in [9.17, 15) is 4.79 Å². The van der Waals surface area contributed by atoms with Crippen molar-refractivity contribution in [3.8, 4) is 0 Å². The molecule has 0 amide bonds. The summed E-state index contributed by atoms with van der Waals surface area (Å²) in [7, 11) is 0. The van der Waals surface area contributed by atoms with Crippen LogP contribution in [0.5, 0.6) is 0 Å². The predicted octanol–water partition coefficient (Wildman–Crippen LogP) is 1.02. The Morgan fingerprint density at radius 1 is 1.83 bits per heavy atom. The molecule has 1 rings (SSSR count). The number of aliphatic carboxylic acids is 1. The van der Waals surface area contributed by atoms with Crippen molar-refractivity contribution in [3.05, 3.63) is 11.6 Å². The second-order valence-electron chi connectivity index (χ2n) is 3.27. The Hall–Kier alpha value is -0.830. The van der Waals surface area contributed by atoms with Gasteiger partial charge in [0.15, 0.2) is 0 Å². The van der Waals surface area contributed by atoms with E-state index in [0.717, 1.165) is 19.5 Å². The van der Waals surface area contributed by atoms with Gasteiger partial charge in [-0.3, -0.25) is 4.79 Å². The van der Waals surface area contributed by atoms with Gasteiger partial charge in [0.25, 0.3) is 0 Å². The number of carbonyl (C=O) groups is 1. The average molecular weight is 169 g/mol. The zero-order valence-corrected chi connectivity index (χ0v) is 7.34. The van der Waals surface area contributed by atoms with Crippen LogP contribution in [0.4, 0.5) is 0 Å². The molecule has 0 aliphatic carbocycles. The molecule has 0 spiro atoms. The minimum absolute atomic E-state index is 0.254. The van der Waals surface area contributed by atoms with Crippen LogP contribution >= 0.6 is 0 Å². The van der Waals surface area contributed by atoms with Gasteiger partial charge in [-0.15, -0.1) is 0 Å². The van der Waals surface area contributed by atoms with E-state index in [1.54, 1.807) is 6.92 Å². The Morgan fingerprint density at radius 3 is 3.08 bits per heavy atom. The van der Waals surface area contributed by atoms with Crippen molar-refractivity contribution in [1.29, 1.82) is 0 Å². The Bertz CT molecular complexity index is 199. The van der Waals surface area contributed by atoms with Crippen molar-refractivity contribution in [2.45, 2.75) is 19.8 Å². The van der Waals surface area contributed by atoms with Crippen molar-refractivity contribution in [1.82, 2.24) is 5.32 Å². The fourth-order valence-corrected chi connectivity index (χ4v) is 1.34. The molecule has 0 bridgehead atoms. The second-order valence-corrected chi connectivity index (χ2v) is 3.27. The average Bonchev–Trinajstić information content (AvgIpc) is 2.06. The smallest absolute Gasteiger partial charge is 0.306 e. The molecule has 12 heavy (non-hydrogen) atoms. The van der Waals surface area contributed by atoms with E-state index in [1.807, 2.05) is 0 Å². The third kappa shape index (κ3) is 2.66. The van der Waals surface area contributed by atoms with E-state index < -0.39 is 5.97 Å². The van der Waals surface area contributed by atoms with E-state index in [2.05, 4.69) is 11.4 Å². The van der Waals surface area contributed by atoms with Crippen molar-refractivity contribution < 1.29 is 9.90 Å². The summed E-state index contributed by atoms with van der Waals surface area (Å²) in [4.78, 5) is 10.5. The van der Waals surface area contributed by atoms with Gasteiger partial charge in [-0.1, -0.05) is 18.6 Å². The highest BCUT2D eigenvalue weighted by molar-refractivity contribution is 5.69. The van der Waals surface area contributed by atoms with Crippen LogP contribution < -0.4 is 5.32 Å². The van der Waals surface area contributed by atoms with Gasteiger partial charge in [-0.05, 0) is 19.4 Å². The zero-order chi connectivity index (χ0) is 8.97. The molecule has 1 atom stereocenters. The Balaban J connectivity index is 2.39. The van der Waals surface area contributed by atoms with Gasteiger partial charge in [0.05, 0.1) is 5.92 Å². The maximum absolute atomic E-state index is 10.5. The highest BCUT2D eigenvalue weighted by atomic mass is 16.4. The first kappa shape index (κ1) is 9.26. The van der Waals surface area contributed by atoms with Crippen molar-refractivity contribution in [3.63, 3.8) is 0 Å². The Morgan fingerprint density at radius 2 is 2.58 bits per heavy atom. The summed E-state index contributed by atoms with van der Waals surface area (Å²) in [6, 6.07) is 0. The van der Waals surface area contributed by atoms with Crippen LogP contribution in [0.15, 0.2) is 11.6 Å². The maximum Gasteiger partial charge on any atom is 0.306 e. The molecule has 1 unspecified atom stereocenters. The van der Waals surface area contributed by atoms with E-state index in [1.165, 1.54) is 5.57 Å². The van der Waals surface area contributed by atoms with E-state index in [4.69, 9.17) is 5.11 Å².